The smallest absolute Gasteiger partial charge is 0.408 e. The highest BCUT2D eigenvalue weighted by molar-refractivity contribution is 5.92. The molecule has 3 unspecified atom stereocenters. The number of benzene rings is 1. The molecule has 0 aromatic heterocycles. The maximum Gasteiger partial charge on any atom is 0.408 e. The van der Waals surface area contributed by atoms with Crippen molar-refractivity contribution in [2.24, 2.45) is 0 Å². The molecule has 1 rings (SSSR count). The van der Waals surface area contributed by atoms with Gasteiger partial charge in [0.2, 0.25) is 11.8 Å². The van der Waals surface area contributed by atoms with Crippen LogP contribution in [-0.4, -0.2) is 52.1 Å². The van der Waals surface area contributed by atoms with Gasteiger partial charge in [-0.25, -0.2) is 4.79 Å². The summed E-state index contributed by atoms with van der Waals surface area (Å²) in [6.45, 7) is 16.2. The molecule has 3 amide bonds. The third-order valence-corrected chi connectivity index (χ3v) is 4.92. The predicted molar refractivity (Wildman–Crippen MR) is 129 cm³/mol. The molecule has 0 aliphatic rings. The average Bonchev–Trinajstić information content (AvgIpc) is 2.68. The number of aromatic hydroxyl groups is 1. The second-order valence-electron chi connectivity index (χ2n) is 9.29. The van der Waals surface area contributed by atoms with E-state index in [1.807, 2.05) is 13.8 Å². The Morgan fingerprint density at radius 3 is 2.36 bits per heavy atom. The molecular formula is C25H39N3O5. The number of rotatable bonds is 10. The summed E-state index contributed by atoms with van der Waals surface area (Å²) >= 11 is 0. The first-order valence-corrected chi connectivity index (χ1v) is 11.3. The third-order valence-electron chi connectivity index (χ3n) is 4.92. The van der Waals surface area contributed by atoms with Gasteiger partial charge in [0, 0.05) is 12.6 Å². The van der Waals surface area contributed by atoms with Gasteiger partial charge in [-0.2, -0.15) is 0 Å². The van der Waals surface area contributed by atoms with E-state index in [0.29, 0.717) is 11.1 Å². The number of phenolic OH excluding ortho intramolecular Hbond substituents is 1. The lowest BCUT2D eigenvalue weighted by molar-refractivity contribution is -0.141. The molecule has 0 saturated heterocycles. The van der Waals surface area contributed by atoms with E-state index in [4.69, 9.17) is 4.74 Å². The molecule has 3 atom stereocenters. The molecule has 33 heavy (non-hydrogen) atoms. The van der Waals surface area contributed by atoms with E-state index in [0.717, 1.165) is 12.8 Å². The van der Waals surface area contributed by atoms with Crippen LogP contribution < -0.4 is 10.6 Å². The summed E-state index contributed by atoms with van der Waals surface area (Å²) < 4.78 is 5.25. The van der Waals surface area contributed by atoms with Crippen LogP contribution in [-0.2, 0) is 14.3 Å². The normalized spacial score (nSPS) is 13.9. The fourth-order valence-corrected chi connectivity index (χ4v) is 3.41. The van der Waals surface area contributed by atoms with Crippen molar-refractivity contribution < 1.29 is 24.2 Å². The monoisotopic (exact) mass is 461 g/mol. The summed E-state index contributed by atoms with van der Waals surface area (Å²) in [6.07, 6.45) is 2.50. The number of amides is 3. The van der Waals surface area contributed by atoms with Gasteiger partial charge in [0.15, 0.2) is 0 Å². The molecule has 8 nitrogen and oxygen atoms in total. The molecule has 1 aromatic carbocycles. The minimum Gasteiger partial charge on any atom is -0.508 e. The van der Waals surface area contributed by atoms with Crippen molar-refractivity contribution in [2.75, 3.05) is 6.54 Å². The Hall–Kier alpha value is -3.03. The molecule has 0 fully saturated rings. The van der Waals surface area contributed by atoms with Crippen molar-refractivity contribution in [2.45, 2.75) is 85.0 Å². The number of alkyl carbamates (subject to hydrolysis) is 1. The first-order chi connectivity index (χ1) is 15.3. The van der Waals surface area contributed by atoms with Crippen LogP contribution in [0.2, 0.25) is 0 Å². The number of ether oxygens (including phenoxy) is 1. The largest absolute Gasteiger partial charge is 0.508 e. The van der Waals surface area contributed by atoms with Crippen LogP contribution in [0, 0.1) is 6.92 Å². The van der Waals surface area contributed by atoms with Crippen LogP contribution in [0.15, 0.2) is 30.9 Å². The van der Waals surface area contributed by atoms with Gasteiger partial charge in [0.25, 0.3) is 0 Å². The fraction of sp³-hybridized carbons (Fsp3) is 0.560. The second kappa shape index (κ2) is 12.3. The van der Waals surface area contributed by atoms with Crippen molar-refractivity contribution in [3.8, 4) is 5.75 Å². The highest BCUT2D eigenvalue weighted by Gasteiger charge is 2.34. The number of carbonyl (C=O) groups excluding carboxylic acids is 3. The molecule has 0 radical (unpaired) electrons. The quantitative estimate of drug-likeness (QED) is 0.457. The standard InChI is InChI=1S/C25H39N3O5/c1-9-11-17(4)26-22(30)21(19-12-13-20(29)16(3)15-19)28(14-10-2)23(31)18(5)27-24(32)33-25(6,7)8/h10,12-13,15,17-18,21,29H,2,9,11,14H2,1,3-8H3,(H,26,30)(H,27,32). The van der Waals surface area contributed by atoms with Crippen molar-refractivity contribution in [1.29, 1.82) is 0 Å². The van der Waals surface area contributed by atoms with Gasteiger partial charge >= 0.3 is 6.09 Å². The molecule has 0 heterocycles. The van der Waals surface area contributed by atoms with E-state index in [1.54, 1.807) is 46.8 Å². The van der Waals surface area contributed by atoms with Crippen LogP contribution >= 0.6 is 0 Å². The molecule has 0 saturated carbocycles. The number of hydrogen-bond donors (Lipinski definition) is 3. The minimum absolute atomic E-state index is 0.0822. The van der Waals surface area contributed by atoms with Crippen molar-refractivity contribution in [3.05, 3.63) is 42.0 Å². The lowest BCUT2D eigenvalue weighted by Crippen LogP contribution is -2.52. The van der Waals surface area contributed by atoms with E-state index in [1.165, 1.54) is 17.0 Å². The van der Waals surface area contributed by atoms with Crippen molar-refractivity contribution in [3.63, 3.8) is 0 Å². The van der Waals surface area contributed by atoms with E-state index in [-0.39, 0.29) is 24.2 Å². The Morgan fingerprint density at radius 2 is 1.85 bits per heavy atom. The van der Waals surface area contributed by atoms with E-state index in [2.05, 4.69) is 17.2 Å². The van der Waals surface area contributed by atoms with Crippen LogP contribution in [0.25, 0.3) is 0 Å². The second-order valence-corrected chi connectivity index (χ2v) is 9.29. The summed E-state index contributed by atoms with van der Waals surface area (Å²) in [5, 5.41) is 15.5. The van der Waals surface area contributed by atoms with Gasteiger partial charge in [0.1, 0.15) is 23.4 Å². The van der Waals surface area contributed by atoms with Crippen LogP contribution in [0.4, 0.5) is 4.79 Å². The summed E-state index contributed by atoms with van der Waals surface area (Å²) in [7, 11) is 0. The number of nitrogens with zero attached hydrogens (tertiary/aromatic N) is 1. The van der Waals surface area contributed by atoms with Gasteiger partial charge in [-0.05, 0) is 71.2 Å². The minimum atomic E-state index is -0.975. The zero-order valence-electron chi connectivity index (χ0n) is 20.9. The van der Waals surface area contributed by atoms with E-state index in [9.17, 15) is 19.5 Å². The SMILES string of the molecule is C=CCN(C(=O)C(C)NC(=O)OC(C)(C)C)C(C(=O)NC(C)CCC)c1ccc(O)c(C)c1. The van der Waals surface area contributed by atoms with Gasteiger partial charge in [-0.15, -0.1) is 6.58 Å². The molecule has 3 N–H and O–H groups in total. The molecule has 0 bridgehead atoms. The van der Waals surface area contributed by atoms with Crippen LogP contribution in [0.1, 0.15) is 71.6 Å². The van der Waals surface area contributed by atoms with Crippen molar-refractivity contribution in [1.82, 2.24) is 15.5 Å². The molecule has 0 spiro atoms. The molecule has 0 aliphatic carbocycles. The van der Waals surface area contributed by atoms with Crippen molar-refractivity contribution >= 4 is 17.9 Å². The lowest BCUT2D eigenvalue weighted by atomic mass is 10.00. The van der Waals surface area contributed by atoms with Crippen LogP contribution in [0.3, 0.4) is 0 Å². The number of hydrogen-bond acceptors (Lipinski definition) is 5. The Kier molecular flexibility index (Phi) is 10.4. The maximum atomic E-state index is 13.4. The van der Waals surface area contributed by atoms with E-state index >= 15 is 0 Å². The number of aryl methyl sites for hydroxylation is 1. The number of phenols is 1. The summed E-state index contributed by atoms with van der Waals surface area (Å²) in [5.41, 5.74) is 0.415. The van der Waals surface area contributed by atoms with Crippen LogP contribution in [0.5, 0.6) is 5.75 Å². The van der Waals surface area contributed by atoms with Gasteiger partial charge < -0.3 is 25.4 Å². The third kappa shape index (κ3) is 8.79. The maximum absolute atomic E-state index is 13.4. The Balaban J connectivity index is 3.31. The number of carbonyl (C=O) groups is 3. The Labute approximate surface area is 197 Å². The Bertz CT molecular complexity index is 847. The highest BCUT2D eigenvalue weighted by Crippen LogP contribution is 2.27. The summed E-state index contributed by atoms with van der Waals surface area (Å²) in [6, 6.07) is 2.80. The van der Waals surface area contributed by atoms with Gasteiger partial charge in [0.05, 0.1) is 0 Å². The molecule has 184 valence electrons. The predicted octanol–water partition coefficient (Wildman–Crippen LogP) is 3.97. The molecule has 8 heteroatoms. The zero-order chi connectivity index (χ0) is 25.3. The van der Waals surface area contributed by atoms with Gasteiger partial charge in [-0.3, -0.25) is 9.59 Å². The summed E-state index contributed by atoms with van der Waals surface area (Å²) in [4.78, 5) is 40.3. The Morgan fingerprint density at radius 1 is 1.21 bits per heavy atom. The summed E-state index contributed by atoms with van der Waals surface area (Å²) in [5.74, 6) is -0.714. The zero-order valence-corrected chi connectivity index (χ0v) is 20.9. The molecule has 0 aliphatic heterocycles. The topological polar surface area (TPSA) is 108 Å². The fourth-order valence-electron chi connectivity index (χ4n) is 3.41. The first kappa shape index (κ1) is 28.0. The average molecular weight is 462 g/mol. The van der Waals surface area contributed by atoms with Gasteiger partial charge in [-0.1, -0.05) is 25.5 Å². The number of nitrogens with one attached hydrogen (secondary N) is 2. The van der Waals surface area contributed by atoms with E-state index < -0.39 is 29.7 Å². The molecular weight excluding hydrogens is 422 g/mol. The lowest BCUT2D eigenvalue weighted by Gasteiger charge is -2.33. The highest BCUT2D eigenvalue weighted by atomic mass is 16.6. The first-order valence-electron chi connectivity index (χ1n) is 11.3. The molecule has 1 aromatic rings.